The fourth-order valence-electron chi connectivity index (χ4n) is 10.6. The first kappa shape index (κ1) is 58.3. The molecule has 1 fully saturated rings. The summed E-state index contributed by atoms with van der Waals surface area (Å²) in [5.74, 6) is -1.15. The molecular formula is C59H80N8O9S. The summed E-state index contributed by atoms with van der Waals surface area (Å²) in [5, 5.41) is 23.2. The van der Waals surface area contributed by atoms with Gasteiger partial charge < -0.3 is 46.5 Å². The van der Waals surface area contributed by atoms with Crippen molar-refractivity contribution in [3.05, 3.63) is 100 Å². The lowest BCUT2D eigenvalue weighted by Gasteiger charge is -2.36. The molecule has 1 saturated heterocycles. The molecule has 0 bridgehead atoms. The first-order valence-corrected chi connectivity index (χ1v) is 28.1. The minimum atomic E-state index is -0.911. The lowest BCUT2D eigenvalue weighted by molar-refractivity contribution is -0.140. The lowest BCUT2D eigenvalue weighted by atomic mass is 9.85. The van der Waals surface area contributed by atoms with Gasteiger partial charge in [0.2, 0.25) is 29.5 Å². The molecule has 1 aromatic heterocycles. The minimum absolute atomic E-state index is 0.00417. The van der Waals surface area contributed by atoms with Gasteiger partial charge in [-0.05, 0) is 132 Å². The summed E-state index contributed by atoms with van der Waals surface area (Å²) >= 11 is 1.62. The van der Waals surface area contributed by atoms with Gasteiger partial charge in [0.1, 0.15) is 35.6 Å². The Kier molecular flexibility index (Phi) is 19.2. The van der Waals surface area contributed by atoms with Crippen LogP contribution in [0.1, 0.15) is 141 Å². The fourth-order valence-corrected chi connectivity index (χ4v) is 11.4. The molecule has 6 amide bonds. The molecule has 0 radical (unpaired) electrons. The topological polar surface area (TPSA) is 235 Å². The quantitative estimate of drug-likeness (QED) is 0.0425. The molecule has 0 aliphatic carbocycles. The number of carbonyl (C=O) groups excluding carboxylic acids is 6. The molecule has 77 heavy (non-hydrogen) atoms. The molecule has 7 rings (SSSR count). The summed E-state index contributed by atoms with van der Waals surface area (Å²) < 4.78 is 11.9. The lowest BCUT2D eigenvalue weighted by Crippen LogP contribution is -2.57. The average Bonchev–Trinajstić information content (AvgIpc) is 4.09. The summed E-state index contributed by atoms with van der Waals surface area (Å²) in [5.41, 5.74) is 12.8. The molecule has 1 unspecified atom stereocenters. The van der Waals surface area contributed by atoms with E-state index in [1.54, 1.807) is 37.0 Å². The number of para-hydroxylation sites is 1. The van der Waals surface area contributed by atoms with Crippen molar-refractivity contribution in [1.82, 2.24) is 31.2 Å². The van der Waals surface area contributed by atoms with E-state index >= 15 is 0 Å². The number of unbranched alkanes of at least 4 members (excludes halogenated alkanes) is 2. The van der Waals surface area contributed by atoms with E-state index < -0.39 is 71.2 Å². The highest BCUT2D eigenvalue weighted by Crippen LogP contribution is 2.39. The predicted octanol–water partition coefficient (Wildman–Crippen LogP) is 7.38. The zero-order chi connectivity index (χ0) is 55.8. The van der Waals surface area contributed by atoms with Gasteiger partial charge in [0, 0.05) is 44.4 Å². The number of ether oxygens (including phenoxy) is 2. The number of nitrogens with zero attached hydrogens (tertiary/aromatic N) is 3. The van der Waals surface area contributed by atoms with Gasteiger partial charge in [0.05, 0.1) is 33.9 Å². The van der Waals surface area contributed by atoms with Gasteiger partial charge in [-0.25, -0.2) is 9.78 Å². The van der Waals surface area contributed by atoms with Gasteiger partial charge >= 0.3 is 6.09 Å². The molecule has 0 spiro atoms. The van der Waals surface area contributed by atoms with E-state index in [0.29, 0.717) is 43.7 Å². The van der Waals surface area contributed by atoms with Crippen LogP contribution in [-0.2, 0) is 48.0 Å². The van der Waals surface area contributed by atoms with Crippen LogP contribution in [-0.4, -0.2) is 112 Å². The van der Waals surface area contributed by atoms with Crippen LogP contribution in [0.4, 0.5) is 10.5 Å². The Balaban J connectivity index is 0.891. The number of aryl methyl sites for hydroxylation is 3. The summed E-state index contributed by atoms with van der Waals surface area (Å²) in [4.78, 5) is 90.0. The molecule has 17 nitrogen and oxygen atoms in total. The number of nitrogens with two attached hydrogens (primary N) is 1. The van der Waals surface area contributed by atoms with Gasteiger partial charge in [0.15, 0.2) is 0 Å². The Bertz CT molecular complexity index is 2730. The molecule has 3 aliphatic rings. The van der Waals surface area contributed by atoms with Crippen molar-refractivity contribution >= 4 is 52.7 Å². The van der Waals surface area contributed by atoms with Gasteiger partial charge in [-0.2, -0.15) is 0 Å². The maximum absolute atomic E-state index is 14.3. The third kappa shape index (κ3) is 15.4. The number of hydrogen-bond donors (Lipinski definition) is 6. The Hall–Kier alpha value is -6.37. The monoisotopic (exact) mass is 1080 g/mol. The van der Waals surface area contributed by atoms with E-state index in [1.165, 1.54) is 4.90 Å². The highest BCUT2D eigenvalue weighted by atomic mass is 32.1. The number of anilines is 1. The summed E-state index contributed by atoms with van der Waals surface area (Å²) in [6.45, 7) is 17.7. The molecule has 3 aliphatic heterocycles. The molecule has 3 aromatic carbocycles. The second kappa shape index (κ2) is 25.4. The number of nitrogens with one attached hydrogen (secondary N) is 4. The smallest absolute Gasteiger partial charge is 0.408 e. The second-order valence-electron chi connectivity index (χ2n) is 23.2. The number of primary amides is 1. The normalized spacial score (nSPS) is 19.8. The minimum Gasteiger partial charge on any atom is -0.489 e. The number of amides is 6. The third-order valence-corrected chi connectivity index (χ3v) is 15.7. The molecule has 4 heterocycles. The first-order chi connectivity index (χ1) is 36.4. The van der Waals surface area contributed by atoms with Crippen LogP contribution >= 0.6 is 11.3 Å². The maximum Gasteiger partial charge on any atom is 0.408 e. The first-order valence-electron chi connectivity index (χ1n) is 27.2. The van der Waals surface area contributed by atoms with Crippen LogP contribution in [0.2, 0.25) is 0 Å². The Morgan fingerprint density at radius 1 is 0.922 bits per heavy atom. The van der Waals surface area contributed by atoms with Crippen LogP contribution in [0.3, 0.4) is 0 Å². The van der Waals surface area contributed by atoms with E-state index in [9.17, 15) is 33.9 Å². The van der Waals surface area contributed by atoms with Crippen molar-refractivity contribution in [2.24, 2.45) is 11.1 Å². The van der Waals surface area contributed by atoms with E-state index in [4.69, 9.17) is 15.2 Å². The molecular weight excluding hydrogens is 997 g/mol. The second-order valence-corrected chi connectivity index (χ2v) is 24.0. The molecule has 0 saturated carbocycles. The van der Waals surface area contributed by atoms with Crippen LogP contribution < -0.4 is 36.6 Å². The van der Waals surface area contributed by atoms with Crippen molar-refractivity contribution in [2.75, 3.05) is 18.0 Å². The van der Waals surface area contributed by atoms with Crippen molar-refractivity contribution in [2.45, 2.75) is 187 Å². The predicted molar refractivity (Wildman–Crippen MR) is 298 cm³/mol. The number of aliphatic hydroxyl groups excluding tert-OH is 1. The average molecular weight is 1080 g/mol. The molecule has 7 N–H and O–H groups in total. The van der Waals surface area contributed by atoms with E-state index in [2.05, 4.69) is 57.4 Å². The van der Waals surface area contributed by atoms with E-state index in [0.717, 1.165) is 57.7 Å². The van der Waals surface area contributed by atoms with Crippen molar-refractivity contribution < 1.29 is 43.3 Å². The number of carbonyl (C=O) groups is 6. The SMILES string of the molecule is Cc1ncsc1-c1ccc([C@H](C)NCC2C[C@@H](O)CN2C(=O)[C@@H](NC(=O)CCCCCc2cccc(O[C@H](C)[C@H](CCC(N)=O)NC(=O)[C@@H]3Cc4cccc5c4N3C(=O)[C@@H](NC(=O)OC(C)(C)C)CC5)c2)C(C)(C)C)cc1. The van der Waals surface area contributed by atoms with Crippen LogP contribution in [0.15, 0.2) is 72.2 Å². The third-order valence-electron chi connectivity index (χ3n) is 14.8. The number of rotatable bonds is 22. The fraction of sp³-hybridized carbons (Fsp3) is 0.542. The van der Waals surface area contributed by atoms with Crippen molar-refractivity contribution in [1.29, 1.82) is 0 Å². The maximum atomic E-state index is 14.3. The number of likely N-dealkylation sites (tertiary alicyclic amines) is 1. The number of alkyl carbamates (subject to hydrolysis) is 1. The van der Waals surface area contributed by atoms with Crippen LogP contribution in [0.25, 0.3) is 10.4 Å². The zero-order valence-corrected chi connectivity index (χ0v) is 47.1. The molecule has 416 valence electrons. The largest absolute Gasteiger partial charge is 0.489 e. The van der Waals surface area contributed by atoms with Crippen molar-refractivity contribution in [3.8, 4) is 16.2 Å². The Labute approximate surface area is 457 Å². The van der Waals surface area contributed by atoms with Gasteiger partial charge in [-0.15, -0.1) is 11.3 Å². The van der Waals surface area contributed by atoms with E-state index in [1.807, 2.05) is 82.6 Å². The standard InChI is InChI=1S/C59H80N8O9S/c1-35(39-21-23-41(24-22-39)52-36(2)62-34-77-52)61-32-43-31-44(68)33-66(43)56(73)53(58(4,5)6)65-50(70)20-12-10-11-15-38-16-13-19-45(29-38)75-37(3)46(27-28-49(60)69)63-54(71)48-30-42-18-14-17-40-25-26-47(55(72)67(48)51(40)42)64-57(74)76-59(7,8)9/h13-14,16-19,21-24,29,34-35,37,43-44,46-48,53,61,68H,10-12,15,20,25-28,30-33H2,1-9H3,(H2,60,69)(H,63,71)(H,64,74)(H,65,70)/t35-,37+,43?,44+,46-,47-,48-,53+/m0/s1. The number of β-amino-alcohol motifs (C(OH)–C–C–N with tert-alkyl or cyclic N) is 1. The van der Waals surface area contributed by atoms with Gasteiger partial charge in [-0.3, -0.25) is 28.9 Å². The van der Waals surface area contributed by atoms with Crippen LogP contribution in [0, 0.1) is 12.3 Å². The van der Waals surface area contributed by atoms with Crippen molar-refractivity contribution in [3.63, 3.8) is 0 Å². The summed E-state index contributed by atoms with van der Waals surface area (Å²) in [7, 11) is 0. The summed E-state index contributed by atoms with van der Waals surface area (Å²) in [6.07, 6.45) is 2.98. The van der Waals surface area contributed by atoms with Gasteiger partial charge in [0.25, 0.3) is 0 Å². The van der Waals surface area contributed by atoms with Gasteiger partial charge in [-0.1, -0.05) is 81.8 Å². The number of aliphatic hydroxyl groups is 1. The molecule has 4 aromatic rings. The molecule has 8 atom stereocenters. The number of hydrogen-bond acceptors (Lipinski definition) is 12. The molecule has 18 heteroatoms. The highest BCUT2D eigenvalue weighted by molar-refractivity contribution is 7.13. The highest BCUT2D eigenvalue weighted by Gasteiger charge is 2.46. The zero-order valence-electron chi connectivity index (χ0n) is 46.3. The van der Waals surface area contributed by atoms with E-state index in [-0.39, 0.29) is 56.1 Å². The van der Waals surface area contributed by atoms with Crippen LogP contribution in [0.5, 0.6) is 5.75 Å². The Morgan fingerprint density at radius 2 is 1.65 bits per heavy atom. The number of aromatic nitrogens is 1. The number of thiazole rings is 1. The number of benzene rings is 3. The Morgan fingerprint density at radius 3 is 2.34 bits per heavy atom. The summed E-state index contributed by atoms with van der Waals surface area (Å²) in [6, 6.07) is 18.4.